The van der Waals surface area contributed by atoms with Crippen molar-refractivity contribution in [3.63, 3.8) is 0 Å². The molecule has 17 heteroatoms. The van der Waals surface area contributed by atoms with Gasteiger partial charge in [-0.2, -0.15) is 0 Å². The van der Waals surface area contributed by atoms with Gasteiger partial charge in [-0.25, -0.2) is 0 Å². The molecule has 3 aromatic carbocycles. The second kappa shape index (κ2) is 19.7. The summed E-state index contributed by atoms with van der Waals surface area (Å²) in [6.45, 7) is -0.660. The van der Waals surface area contributed by atoms with Gasteiger partial charge in [-0.3, -0.25) is 0 Å². The second-order valence-corrected chi connectivity index (χ2v) is 10.6. The Kier molecular flexibility index (Phi) is 16.1. The molecule has 0 radical (unpaired) electrons. The van der Waals surface area contributed by atoms with Crippen molar-refractivity contribution in [2.75, 3.05) is 46.1 Å². The van der Waals surface area contributed by atoms with E-state index < -0.39 is 39.7 Å². The van der Waals surface area contributed by atoms with Crippen LogP contribution in [0.1, 0.15) is 47.8 Å². The van der Waals surface area contributed by atoms with Crippen molar-refractivity contribution in [1.29, 1.82) is 0 Å². The molecule has 0 saturated carbocycles. The Balaban J connectivity index is 2.14. The van der Waals surface area contributed by atoms with Crippen LogP contribution in [0, 0.1) is 0 Å². The monoisotopic (exact) mass is 655 g/mol. The zero-order valence-electron chi connectivity index (χ0n) is 26.1. The Morgan fingerprint density at radius 1 is 0.574 bits per heavy atom. The van der Waals surface area contributed by atoms with Crippen molar-refractivity contribution in [2.45, 2.75) is 31.2 Å². The number of aliphatic hydroxyl groups is 5. The van der Waals surface area contributed by atoms with Crippen LogP contribution in [0.15, 0.2) is 60.7 Å². The fourth-order valence-corrected chi connectivity index (χ4v) is 4.94. The standard InChI is InChI=1S/C30H44B3N3O11/c34-17-24(39)20-7-1-2-10-23(20)33(46-31(42)29-21(25(40)18-35)8-3-11-27(29)44-15-5-13-37)47-32(43)30-22(26(41)19-36)9-4-12-28(30)45-16-6-14-38/h1-4,7-12,24-26,37-43H,5-6,13-19,34-36H2. The Bertz CT molecular complexity index is 1300. The number of hydrogen-bond donors (Lipinski definition) is 10. The maximum Gasteiger partial charge on any atom is 0.481 e. The number of benzene rings is 3. The Hall–Kier alpha value is -3.03. The van der Waals surface area contributed by atoms with E-state index >= 15 is 0 Å². The van der Waals surface area contributed by atoms with Crippen LogP contribution < -0.4 is 43.1 Å². The molecule has 13 N–H and O–H groups in total. The van der Waals surface area contributed by atoms with Crippen LogP contribution in [-0.2, 0) is 9.14 Å². The summed E-state index contributed by atoms with van der Waals surface area (Å²) < 4.78 is 23.7. The van der Waals surface area contributed by atoms with Gasteiger partial charge in [-0.1, -0.05) is 48.5 Å². The zero-order valence-corrected chi connectivity index (χ0v) is 26.1. The molecule has 3 aromatic rings. The van der Waals surface area contributed by atoms with Gasteiger partial charge in [-0.05, 0) is 34.3 Å². The van der Waals surface area contributed by atoms with E-state index in [1.165, 1.54) is 12.1 Å². The third kappa shape index (κ3) is 10.2. The van der Waals surface area contributed by atoms with Crippen molar-refractivity contribution < 1.29 is 54.2 Å². The maximum absolute atomic E-state index is 11.6. The molecule has 0 fully saturated rings. The third-order valence-electron chi connectivity index (χ3n) is 7.32. The number of aliphatic hydroxyl groups excluding tert-OH is 5. The minimum absolute atomic E-state index is 0.0234. The highest BCUT2D eigenvalue weighted by Gasteiger charge is 2.39. The summed E-state index contributed by atoms with van der Waals surface area (Å²) in [6.07, 6.45) is -3.03. The average molecular weight is 655 g/mol. The van der Waals surface area contributed by atoms with Crippen molar-refractivity contribution in [3.8, 4) is 11.5 Å². The van der Waals surface area contributed by atoms with Gasteiger partial charge >= 0.3 is 21.4 Å². The van der Waals surface area contributed by atoms with Gasteiger partial charge in [0.25, 0.3) is 0 Å². The molecule has 0 aliphatic heterocycles. The van der Waals surface area contributed by atoms with Gasteiger partial charge in [-0.15, -0.1) is 0 Å². The fourth-order valence-electron chi connectivity index (χ4n) is 4.94. The lowest BCUT2D eigenvalue weighted by Crippen LogP contribution is -2.54. The van der Waals surface area contributed by atoms with Crippen LogP contribution in [0.2, 0.25) is 0 Å². The van der Waals surface area contributed by atoms with Gasteiger partial charge in [0.2, 0.25) is 0 Å². The van der Waals surface area contributed by atoms with E-state index in [1.54, 1.807) is 48.5 Å². The summed E-state index contributed by atoms with van der Waals surface area (Å²) >= 11 is 0. The lowest BCUT2D eigenvalue weighted by molar-refractivity contribution is 0.186. The minimum Gasteiger partial charge on any atom is -0.494 e. The zero-order chi connectivity index (χ0) is 34.3. The Morgan fingerprint density at radius 3 is 1.40 bits per heavy atom. The van der Waals surface area contributed by atoms with Crippen molar-refractivity contribution in [1.82, 2.24) is 0 Å². The van der Waals surface area contributed by atoms with Crippen molar-refractivity contribution in [2.24, 2.45) is 17.2 Å². The summed E-state index contributed by atoms with van der Waals surface area (Å²) in [5, 5.41) is 73.9. The van der Waals surface area contributed by atoms with Crippen LogP contribution in [0.3, 0.4) is 0 Å². The summed E-state index contributed by atoms with van der Waals surface area (Å²) in [7, 11) is -5.33. The molecule has 0 spiro atoms. The number of hydrogen-bond acceptors (Lipinski definition) is 14. The van der Waals surface area contributed by atoms with Crippen LogP contribution in [-0.4, -0.2) is 103 Å². The minimum atomic E-state index is -1.86. The smallest absolute Gasteiger partial charge is 0.481 e. The van der Waals surface area contributed by atoms with Gasteiger partial charge in [0, 0.05) is 56.6 Å². The molecule has 3 unspecified atom stereocenters. The topological polar surface area (TPSA) is 257 Å². The quantitative estimate of drug-likeness (QED) is 0.0399. The van der Waals surface area contributed by atoms with Crippen LogP contribution >= 0.6 is 0 Å². The van der Waals surface area contributed by atoms with E-state index in [0.29, 0.717) is 12.8 Å². The van der Waals surface area contributed by atoms with Crippen LogP contribution in [0.4, 0.5) is 0 Å². The second-order valence-electron chi connectivity index (χ2n) is 10.6. The van der Waals surface area contributed by atoms with Gasteiger partial charge in [0.1, 0.15) is 11.5 Å². The first-order valence-corrected chi connectivity index (χ1v) is 15.3. The first kappa shape index (κ1) is 38.4. The fraction of sp³-hybridized carbons (Fsp3) is 0.400. The number of rotatable bonds is 21. The highest BCUT2D eigenvalue weighted by atomic mass is 16.6. The summed E-state index contributed by atoms with van der Waals surface area (Å²) in [4.78, 5) is 0. The lowest BCUT2D eigenvalue weighted by Gasteiger charge is -2.26. The van der Waals surface area contributed by atoms with Gasteiger partial charge in [0.15, 0.2) is 0 Å². The van der Waals surface area contributed by atoms with Crippen molar-refractivity contribution in [3.05, 3.63) is 77.4 Å². The highest BCUT2D eigenvalue weighted by Crippen LogP contribution is 2.21. The van der Waals surface area contributed by atoms with Crippen LogP contribution in [0.5, 0.6) is 11.5 Å². The maximum atomic E-state index is 11.6. The van der Waals surface area contributed by atoms with E-state index in [9.17, 15) is 35.6 Å². The van der Waals surface area contributed by atoms with E-state index in [-0.39, 0.29) is 90.6 Å². The third-order valence-corrected chi connectivity index (χ3v) is 7.32. The summed E-state index contributed by atoms with van der Waals surface area (Å²) in [5.41, 5.74) is 18.2. The van der Waals surface area contributed by atoms with Gasteiger partial charge < -0.3 is 71.4 Å². The summed E-state index contributed by atoms with van der Waals surface area (Å²) in [5.74, 6) is 0.281. The summed E-state index contributed by atoms with van der Waals surface area (Å²) in [6, 6.07) is 15.8. The van der Waals surface area contributed by atoms with Gasteiger partial charge in [0.05, 0.1) is 31.5 Å². The largest absolute Gasteiger partial charge is 0.494 e. The molecule has 0 heterocycles. The Morgan fingerprint density at radius 2 is 0.979 bits per heavy atom. The average Bonchev–Trinajstić information content (AvgIpc) is 3.10. The molecular weight excluding hydrogens is 611 g/mol. The predicted octanol–water partition coefficient (Wildman–Crippen LogP) is -3.31. The molecule has 0 amide bonds. The molecule has 0 aliphatic carbocycles. The molecular formula is C30H44B3N3O11. The molecule has 254 valence electrons. The van der Waals surface area contributed by atoms with E-state index in [2.05, 4.69) is 0 Å². The molecule has 3 atom stereocenters. The molecule has 3 rings (SSSR count). The lowest BCUT2D eigenvalue weighted by atomic mass is 9.64. The molecule has 0 bridgehead atoms. The molecule has 14 nitrogen and oxygen atoms in total. The van der Waals surface area contributed by atoms with Crippen LogP contribution in [0.25, 0.3) is 0 Å². The first-order valence-electron chi connectivity index (χ1n) is 15.3. The predicted molar refractivity (Wildman–Crippen MR) is 179 cm³/mol. The molecule has 0 aromatic heterocycles. The van der Waals surface area contributed by atoms with Crippen molar-refractivity contribution >= 4 is 37.7 Å². The van der Waals surface area contributed by atoms with E-state index in [0.717, 1.165) is 0 Å². The highest BCUT2D eigenvalue weighted by molar-refractivity contribution is 6.80. The number of ether oxygens (including phenoxy) is 2. The molecule has 0 aliphatic rings. The SMILES string of the molecule is NCC(O)c1ccccc1B(OB(O)c1c(OCCCO)cccc1C(O)CN)OB(O)c1c(OCCCO)cccc1C(O)CN. The van der Waals surface area contributed by atoms with E-state index in [1.807, 2.05) is 0 Å². The normalized spacial score (nSPS) is 13.1. The Labute approximate surface area is 275 Å². The van der Waals surface area contributed by atoms with E-state index in [4.69, 9.17) is 35.8 Å². The molecule has 47 heavy (non-hydrogen) atoms. The molecule has 0 saturated heterocycles. The number of nitrogens with two attached hydrogens (primary N) is 3. The first-order chi connectivity index (χ1) is 22.7.